The van der Waals surface area contributed by atoms with Gasteiger partial charge in [0.15, 0.2) is 11.6 Å². The van der Waals surface area contributed by atoms with Crippen molar-refractivity contribution in [3.05, 3.63) is 18.3 Å². The van der Waals surface area contributed by atoms with Gasteiger partial charge in [-0.25, -0.2) is 4.98 Å². The van der Waals surface area contributed by atoms with E-state index in [1.165, 1.54) is 0 Å². The number of amides is 1. The maximum Gasteiger partial charge on any atom is 0.251 e. The van der Waals surface area contributed by atoms with Gasteiger partial charge in [-0.3, -0.25) is 15.2 Å². The van der Waals surface area contributed by atoms with Gasteiger partial charge >= 0.3 is 0 Å². The van der Waals surface area contributed by atoms with Gasteiger partial charge in [-0.2, -0.15) is 12.6 Å². The number of thiol groups is 1. The van der Waals surface area contributed by atoms with Crippen LogP contribution in [0.15, 0.2) is 18.3 Å². The number of ether oxygens (including phenoxy) is 1. The first-order valence-electron chi connectivity index (χ1n) is 5.02. The molecule has 1 N–H and O–H groups in total. The number of hydrogen-bond donors (Lipinski definition) is 2. The van der Waals surface area contributed by atoms with Crippen molar-refractivity contribution in [2.24, 2.45) is 0 Å². The summed E-state index contributed by atoms with van der Waals surface area (Å²) in [7, 11) is 0. The van der Waals surface area contributed by atoms with Gasteiger partial charge in [0.25, 0.3) is 5.91 Å². The number of carbonyl (C=O) groups excluding carboxylic acids is 1. The van der Waals surface area contributed by atoms with Gasteiger partial charge < -0.3 is 4.74 Å². The quantitative estimate of drug-likeness (QED) is 0.743. The maximum absolute atomic E-state index is 11.5. The minimum Gasteiger partial charge on any atom is -0.488 e. The molecule has 0 saturated carbocycles. The van der Waals surface area contributed by atoms with E-state index in [9.17, 15) is 4.79 Å². The zero-order valence-corrected chi connectivity index (χ0v) is 9.78. The zero-order chi connectivity index (χ0) is 11.5. The first kappa shape index (κ1) is 11.1. The number of fused-ring (bicyclic) bond motifs is 1. The third-order valence-electron chi connectivity index (χ3n) is 2.20. The SMILES string of the molecule is CC(S)C(=O)NN1CCOc2cccnc21. The van der Waals surface area contributed by atoms with Crippen molar-refractivity contribution in [1.82, 2.24) is 10.4 Å². The molecule has 2 rings (SSSR count). The van der Waals surface area contributed by atoms with E-state index in [2.05, 4.69) is 23.0 Å². The molecule has 0 bridgehead atoms. The molecule has 0 radical (unpaired) electrons. The molecule has 6 heteroatoms. The number of rotatable bonds is 2. The van der Waals surface area contributed by atoms with Crippen LogP contribution in [0.25, 0.3) is 0 Å². The van der Waals surface area contributed by atoms with Crippen LogP contribution in [0.4, 0.5) is 5.82 Å². The smallest absolute Gasteiger partial charge is 0.251 e. The molecule has 86 valence electrons. The Bertz CT molecular complexity index is 397. The van der Waals surface area contributed by atoms with Crippen LogP contribution < -0.4 is 15.2 Å². The number of hydrogen-bond acceptors (Lipinski definition) is 5. The van der Waals surface area contributed by atoms with Gasteiger partial charge in [0.05, 0.1) is 11.8 Å². The van der Waals surface area contributed by atoms with Crippen molar-refractivity contribution < 1.29 is 9.53 Å². The summed E-state index contributed by atoms with van der Waals surface area (Å²) in [5, 5.41) is 1.34. The number of carbonyl (C=O) groups is 1. The second-order valence-corrected chi connectivity index (χ2v) is 4.25. The van der Waals surface area contributed by atoms with Crippen LogP contribution in [0, 0.1) is 0 Å². The summed E-state index contributed by atoms with van der Waals surface area (Å²) < 4.78 is 5.42. The summed E-state index contributed by atoms with van der Waals surface area (Å²) in [5.41, 5.74) is 2.75. The van der Waals surface area contributed by atoms with Crippen LogP contribution in [0.1, 0.15) is 6.92 Å². The van der Waals surface area contributed by atoms with Crippen LogP contribution in [0.3, 0.4) is 0 Å². The summed E-state index contributed by atoms with van der Waals surface area (Å²) >= 11 is 4.07. The highest BCUT2D eigenvalue weighted by Gasteiger charge is 2.21. The first-order chi connectivity index (χ1) is 7.68. The average Bonchev–Trinajstić information content (AvgIpc) is 2.29. The third-order valence-corrected chi connectivity index (χ3v) is 2.44. The number of nitrogens with zero attached hydrogens (tertiary/aromatic N) is 2. The van der Waals surface area contributed by atoms with Crippen LogP contribution in [0.5, 0.6) is 5.75 Å². The second kappa shape index (κ2) is 4.61. The molecule has 1 aliphatic heterocycles. The molecule has 1 aromatic heterocycles. The lowest BCUT2D eigenvalue weighted by atomic mass is 10.3. The topological polar surface area (TPSA) is 54.5 Å². The number of aromatic nitrogens is 1. The number of hydrazine groups is 1. The Morgan fingerprint density at radius 3 is 3.31 bits per heavy atom. The summed E-state index contributed by atoms with van der Waals surface area (Å²) in [4.78, 5) is 15.7. The van der Waals surface area contributed by atoms with Gasteiger partial charge in [-0.15, -0.1) is 0 Å². The highest BCUT2D eigenvalue weighted by Crippen LogP contribution is 2.26. The Hall–Kier alpha value is -1.43. The molecule has 0 aliphatic carbocycles. The molecule has 1 aromatic rings. The Morgan fingerprint density at radius 1 is 1.75 bits per heavy atom. The Kier molecular flexibility index (Phi) is 3.19. The fraction of sp³-hybridized carbons (Fsp3) is 0.400. The van der Waals surface area contributed by atoms with E-state index in [1.54, 1.807) is 24.2 Å². The predicted octanol–water partition coefficient (Wildman–Crippen LogP) is 0.630. The fourth-order valence-electron chi connectivity index (χ4n) is 1.39. The largest absolute Gasteiger partial charge is 0.488 e. The minimum absolute atomic E-state index is 0.151. The van der Waals surface area contributed by atoms with E-state index in [1.807, 2.05) is 6.07 Å². The van der Waals surface area contributed by atoms with E-state index in [4.69, 9.17) is 4.74 Å². The molecule has 5 nitrogen and oxygen atoms in total. The van der Waals surface area contributed by atoms with E-state index >= 15 is 0 Å². The average molecular weight is 239 g/mol. The van der Waals surface area contributed by atoms with E-state index in [0.717, 1.165) is 0 Å². The number of nitrogens with one attached hydrogen (secondary N) is 1. The van der Waals surface area contributed by atoms with Gasteiger partial charge in [-0.1, -0.05) is 0 Å². The molecule has 0 fully saturated rings. The van der Waals surface area contributed by atoms with Gasteiger partial charge in [0.2, 0.25) is 0 Å². The molecule has 1 unspecified atom stereocenters. The van der Waals surface area contributed by atoms with Crippen molar-refractivity contribution in [2.75, 3.05) is 18.2 Å². The third kappa shape index (κ3) is 2.21. The molecule has 0 spiro atoms. The van der Waals surface area contributed by atoms with Crippen molar-refractivity contribution in [3.8, 4) is 5.75 Å². The molecule has 1 amide bonds. The Labute approximate surface area is 99.2 Å². The standard InChI is InChI=1S/C10H13N3O2S/c1-7(16)10(14)12-13-5-6-15-8-3-2-4-11-9(8)13/h2-4,7,16H,5-6H2,1H3,(H,12,14). The predicted molar refractivity (Wildman–Crippen MR) is 63.7 cm³/mol. The van der Waals surface area contributed by atoms with Gasteiger partial charge in [-0.05, 0) is 19.1 Å². The number of pyridine rings is 1. The summed E-state index contributed by atoms with van der Waals surface area (Å²) in [6.45, 7) is 2.83. The Balaban J connectivity index is 2.16. The molecular formula is C10H13N3O2S. The Morgan fingerprint density at radius 2 is 2.56 bits per heavy atom. The molecule has 0 aromatic carbocycles. The van der Waals surface area contributed by atoms with Gasteiger partial charge in [0, 0.05) is 6.20 Å². The first-order valence-corrected chi connectivity index (χ1v) is 5.54. The monoisotopic (exact) mass is 239 g/mol. The summed E-state index contributed by atoms with van der Waals surface area (Å²) in [6.07, 6.45) is 1.66. The van der Waals surface area contributed by atoms with Crippen molar-refractivity contribution in [3.63, 3.8) is 0 Å². The lowest BCUT2D eigenvalue weighted by Crippen LogP contribution is -2.49. The molecule has 2 heterocycles. The van der Waals surface area contributed by atoms with Crippen LogP contribution in [0.2, 0.25) is 0 Å². The maximum atomic E-state index is 11.5. The number of anilines is 1. The fourth-order valence-corrected chi connectivity index (χ4v) is 1.44. The van der Waals surface area contributed by atoms with Crippen molar-refractivity contribution >= 4 is 24.4 Å². The second-order valence-electron chi connectivity index (χ2n) is 3.48. The van der Waals surface area contributed by atoms with E-state index in [0.29, 0.717) is 24.7 Å². The summed E-state index contributed by atoms with van der Waals surface area (Å²) in [5.74, 6) is 1.17. The van der Waals surface area contributed by atoms with Gasteiger partial charge in [0.1, 0.15) is 6.61 Å². The minimum atomic E-state index is -0.352. The molecule has 16 heavy (non-hydrogen) atoms. The van der Waals surface area contributed by atoms with Crippen LogP contribution >= 0.6 is 12.6 Å². The van der Waals surface area contributed by atoms with Crippen LogP contribution in [-0.4, -0.2) is 29.3 Å². The lowest BCUT2D eigenvalue weighted by Gasteiger charge is -2.30. The van der Waals surface area contributed by atoms with Crippen molar-refractivity contribution in [2.45, 2.75) is 12.2 Å². The summed E-state index contributed by atoms with van der Waals surface area (Å²) in [6, 6.07) is 3.62. The van der Waals surface area contributed by atoms with E-state index in [-0.39, 0.29) is 11.2 Å². The molecular weight excluding hydrogens is 226 g/mol. The normalized spacial score (nSPS) is 16.0. The van der Waals surface area contributed by atoms with E-state index < -0.39 is 0 Å². The van der Waals surface area contributed by atoms with Crippen LogP contribution in [-0.2, 0) is 4.79 Å². The molecule has 1 atom stereocenters. The molecule has 0 saturated heterocycles. The lowest BCUT2D eigenvalue weighted by molar-refractivity contribution is -0.120. The van der Waals surface area contributed by atoms with Crippen molar-refractivity contribution in [1.29, 1.82) is 0 Å². The highest BCUT2D eigenvalue weighted by molar-refractivity contribution is 7.81. The zero-order valence-electron chi connectivity index (χ0n) is 8.88. The highest BCUT2D eigenvalue weighted by atomic mass is 32.1. The molecule has 1 aliphatic rings.